The van der Waals surface area contributed by atoms with E-state index >= 15 is 0 Å². The van der Waals surface area contributed by atoms with Gasteiger partial charge in [0.15, 0.2) is 0 Å². The molecule has 0 fully saturated rings. The van der Waals surface area contributed by atoms with Crippen molar-refractivity contribution < 1.29 is 4.74 Å². The first-order chi connectivity index (χ1) is 7.25. The second kappa shape index (κ2) is 6.33. The summed E-state index contributed by atoms with van der Waals surface area (Å²) in [6, 6.07) is 4.17. The molecule has 0 saturated carbocycles. The van der Waals surface area contributed by atoms with Gasteiger partial charge in [0.25, 0.3) is 0 Å². The molecule has 0 aromatic carbocycles. The summed E-state index contributed by atoms with van der Waals surface area (Å²) < 4.78 is 5.58. The molecule has 2 rings (SSSR count). The van der Waals surface area contributed by atoms with Gasteiger partial charge in [-0.3, -0.25) is 0 Å². The number of nitrogens with one attached hydrogen (secondary N) is 1. The average molecular weight is 261 g/mol. The summed E-state index contributed by atoms with van der Waals surface area (Å²) in [5.74, 6) is 0.797. The molecule has 2 heterocycles. The SMILES string of the molecule is CC(C)Sc1ccc2c(n1)OCCNC2.Cl. The Morgan fingerprint density at radius 1 is 1.44 bits per heavy atom. The van der Waals surface area contributed by atoms with Crippen molar-refractivity contribution in [1.82, 2.24) is 10.3 Å². The Hall–Kier alpha value is -0.450. The number of nitrogens with zero attached hydrogens (tertiary/aromatic N) is 1. The molecule has 0 spiro atoms. The quantitative estimate of drug-likeness (QED) is 0.829. The number of thioether (sulfide) groups is 1. The lowest BCUT2D eigenvalue weighted by molar-refractivity contribution is 0.312. The monoisotopic (exact) mass is 260 g/mol. The van der Waals surface area contributed by atoms with E-state index in [0.717, 1.165) is 29.6 Å². The Kier molecular flexibility index (Phi) is 5.38. The average Bonchev–Trinajstić information content (AvgIpc) is 2.41. The van der Waals surface area contributed by atoms with Gasteiger partial charge in [0.2, 0.25) is 5.88 Å². The molecular formula is C11H17ClN2OS. The molecule has 3 nitrogen and oxygen atoms in total. The highest BCUT2D eigenvalue weighted by molar-refractivity contribution is 7.99. The van der Waals surface area contributed by atoms with Crippen LogP contribution >= 0.6 is 24.2 Å². The molecule has 90 valence electrons. The zero-order valence-corrected chi connectivity index (χ0v) is 11.2. The van der Waals surface area contributed by atoms with Crippen LogP contribution in [0.4, 0.5) is 0 Å². The van der Waals surface area contributed by atoms with Gasteiger partial charge in [-0.2, -0.15) is 0 Å². The molecule has 0 bridgehead atoms. The summed E-state index contributed by atoms with van der Waals surface area (Å²) in [4.78, 5) is 4.51. The van der Waals surface area contributed by atoms with Crippen LogP contribution in [-0.4, -0.2) is 23.4 Å². The van der Waals surface area contributed by atoms with E-state index in [2.05, 4.69) is 36.3 Å². The van der Waals surface area contributed by atoms with Crippen molar-refractivity contribution in [1.29, 1.82) is 0 Å². The molecule has 1 aliphatic heterocycles. The molecule has 16 heavy (non-hydrogen) atoms. The Balaban J connectivity index is 0.00000128. The van der Waals surface area contributed by atoms with Gasteiger partial charge in [-0.15, -0.1) is 24.2 Å². The highest BCUT2D eigenvalue weighted by Crippen LogP contribution is 2.26. The largest absolute Gasteiger partial charge is 0.476 e. The van der Waals surface area contributed by atoms with E-state index in [0.29, 0.717) is 11.9 Å². The Morgan fingerprint density at radius 2 is 2.25 bits per heavy atom. The highest BCUT2D eigenvalue weighted by Gasteiger charge is 2.11. The second-order valence-electron chi connectivity index (χ2n) is 3.81. The maximum Gasteiger partial charge on any atom is 0.218 e. The standard InChI is InChI=1S/C11H16N2OS.ClH/c1-8(2)15-10-4-3-9-7-12-5-6-14-11(9)13-10;/h3-4,8,12H,5-7H2,1-2H3;1H. The molecule has 1 aromatic heterocycles. The number of fused-ring (bicyclic) bond motifs is 1. The normalized spacial score (nSPS) is 14.7. The van der Waals surface area contributed by atoms with Crippen LogP contribution in [0.25, 0.3) is 0 Å². The van der Waals surface area contributed by atoms with Crippen molar-refractivity contribution in [3.63, 3.8) is 0 Å². The lowest BCUT2D eigenvalue weighted by Gasteiger charge is -2.08. The second-order valence-corrected chi connectivity index (χ2v) is 5.40. The van der Waals surface area contributed by atoms with E-state index < -0.39 is 0 Å². The molecule has 0 atom stereocenters. The minimum atomic E-state index is 0. The number of pyridine rings is 1. The predicted molar refractivity (Wildman–Crippen MR) is 69.7 cm³/mol. The number of aromatic nitrogens is 1. The first kappa shape index (κ1) is 13.6. The van der Waals surface area contributed by atoms with E-state index in [-0.39, 0.29) is 12.4 Å². The minimum absolute atomic E-state index is 0. The van der Waals surface area contributed by atoms with Crippen molar-refractivity contribution in [2.45, 2.75) is 30.7 Å². The molecule has 1 aromatic rings. The first-order valence-electron chi connectivity index (χ1n) is 5.26. The highest BCUT2D eigenvalue weighted by atomic mass is 35.5. The zero-order chi connectivity index (χ0) is 10.7. The van der Waals surface area contributed by atoms with Crippen LogP contribution in [0.15, 0.2) is 17.2 Å². The van der Waals surface area contributed by atoms with Crippen LogP contribution in [0, 0.1) is 0 Å². The number of halogens is 1. The topological polar surface area (TPSA) is 34.1 Å². The molecule has 1 N–H and O–H groups in total. The maximum absolute atomic E-state index is 5.58. The van der Waals surface area contributed by atoms with Gasteiger partial charge in [0.1, 0.15) is 11.6 Å². The molecule has 0 radical (unpaired) electrons. The van der Waals surface area contributed by atoms with Crippen molar-refractivity contribution in [3.8, 4) is 5.88 Å². The fraction of sp³-hybridized carbons (Fsp3) is 0.545. The summed E-state index contributed by atoms with van der Waals surface area (Å²) in [5, 5.41) is 4.89. The van der Waals surface area contributed by atoms with Crippen LogP contribution < -0.4 is 10.1 Å². The van der Waals surface area contributed by atoms with Crippen LogP contribution in [0.5, 0.6) is 5.88 Å². The third kappa shape index (κ3) is 3.54. The van der Waals surface area contributed by atoms with E-state index in [1.807, 2.05) is 0 Å². The Morgan fingerprint density at radius 3 is 3.00 bits per heavy atom. The fourth-order valence-corrected chi connectivity index (χ4v) is 2.23. The van der Waals surface area contributed by atoms with Crippen LogP contribution in [0.2, 0.25) is 0 Å². The fourth-order valence-electron chi connectivity index (χ4n) is 1.46. The van der Waals surface area contributed by atoms with Gasteiger partial charge < -0.3 is 10.1 Å². The van der Waals surface area contributed by atoms with Gasteiger partial charge >= 0.3 is 0 Å². The molecule has 0 aliphatic carbocycles. The molecular weight excluding hydrogens is 244 g/mol. The molecule has 0 amide bonds. The molecule has 1 aliphatic rings. The minimum Gasteiger partial charge on any atom is -0.476 e. The number of hydrogen-bond donors (Lipinski definition) is 1. The summed E-state index contributed by atoms with van der Waals surface area (Å²) in [7, 11) is 0. The van der Waals surface area contributed by atoms with Crippen LogP contribution in [0.3, 0.4) is 0 Å². The number of rotatable bonds is 2. The molecule has 0 unspecified atom stereocenters. The predicted octanol–water partition coefficient (Wildman–Crippen LogP) is 2.49. The van der Waals surface area contributed by atoms with Crippen molar-refractivity contribution in [2.75, 3.05) is 13.2 Å². The van der Waals surface area contributed by atoms with Crippen LogP contribution in [0.1, 0.15) is 19.4 Å². The van der Waals surface area contributed by atoms with Gasteiger partial charge in [-0.05, 0) is 12.1 Å². The van der Waals surface area contributed by atoms with Gasteiger partial charge in [-0.1, -0.05) is 13.8 Å². The van der Waals surface area contributed by atoms with E-state index in [4.69, 9.17) is 4.74 Å². The lowest BCUT2D eigenvalue weighted by atomic mass is 10.3. The molecule has 5 heteroatoms. The number of ether oxygens (including phenoxy) is 1. The molecule has 0 saturated heterocycles. The summed E-state index contributed by atoms with van der Waals surface area (Å²) >= 11 is 1.77. The van der Waals surface area contributed by atoms with Crippen molar-refractivity contribution in [3.05, 3.63) is 17.7 Å². The van der Waals surface area contributed by atoms with Gasteiger partial charge in [0.05, 0.1) is 0 Å². The third-order valence-corrected chi connectivity index (χ3v) is 3.04. The van der Waals surface area contributed by atoms with Crippen molar-refractivity contribution in [2.24, 2.45) is 0 Å². The van der Waals surface area contributed by atoms with E-state index in [1.54, 1.807) is 11.8 Å². The Labute approximate surface area is 107 Å². The summed E-state index contributed by atoms with van der Waals surface area (Å²) in [6.45, 7) is 6.79. The van der Waals surface area contributed by atoms with E-state index in [1.165, 1.54) is 0 Å². The lowest BCUT2D eigenvalue weighted by Crippen LogP contribution is -2.16. The van der Waals surface area contributed by atoms with E-state index in [9.17, 15) is 0 Å². The smallest absolute Gasteiger partial charge is 0.218 e. The van der Waals surface area contributed by atoms with Crippen LogP contribution in [-0.2, 0) is 6.54 Å². The first-order valence-corrected chi connectivity index (χ1v) is 6.14. The van der Waals surface area contributed by atoms with Crippen molar-refractivity contribution >= 4 is 24.2 Å². The summed E-state index contributed by atoms with van der Waals surface area (Å²) in [5.41, 5.74) is 1.15. The maximum atomic E-state index is 5.58. The zero-order valence-electron chi connectivity index (χ0n) is 9.53. The van der Waals surface area contributed by atoms with Gasteiger partial charge in [0, 0.05) is 23.9 Å². The number of hydrogen-bond acceptors (Lipinski definition) is 4. The Bertz CT molecular complexity index is 347. The van der Waals surface area contributed by atoms with Gasteiger partial charge in [-0.25, -0.2) is 4.98 Å². The summed E-state index contributed by atoms with van der Waals surface area (Å²) in [6.07, 6.45) is 0. The third-order valence-electron chi connectivity index (χ3n) is 2.10.